The zero-order chi connectivity index (χ0) is 15.7. The smallest absolute Gasteiger partial charge is 0.238 e. The molecule has 6 heteroatoms. The first-order chi connectivity index (χ1) is 10.5. The molecule has 0 aromatic heterocycles. The molecule has 3 atom stereocenters. The first-order valence-electron chi connectivity index (χ1n) is 8.07. The summed E-state index contributed by atoms with van der Waals surface area (Å²) in [7, 11) is 0. The lowest BCUT2D eigenvalue weighted by Gasteiger charge is -2.29. The third kappa shape index (κ3) is 4.38. The largest absolute Gasteiger partial charge is 0.327 e. The molecule has 1 saturated heterocycles. The van der Waals surface area contributed by atoms with E-state index in [1.165, 1.54) is 12.8 Å². The number of anilines is 1. The Labute approximate surface area is 149 Å². The third-order valence-corrected chi connectivity index (χ3v) is 5.46. The summed E-state index contributed by atoms with van der Waals surface area (Å²) in [6.45, 7) is 4.34. The molecule has 2 fully saturated rings. The Balaban J connectivity index is 0.00000192. The Morgan fingerprint density at radius 3 is 2.87 bits per heavy atom. The van der Waals surface area contributed by atoms with Gasteiger partial charge in [0.25, 0.3) is 0 Å². The molecular formula is C17H25Cl2N3O. The molecule has 3 unspecified atom stereocenters. The van der Waals surface area contributed by atoms with Crippen LogP contribution in [0.4, 0.5) is 5.69 Å². The Morgan fingerprint density at radius 1 is 1.39 bits per heavy atom. The van der Waals surface area contributed by atoms with Gasteiger partial charge in [-0.2, -0.15) is 0 Å². The first kappa shape index (κ1) is 18.5. The van der Waals surface area contributed by atoms with Gasteiger partial charge < -0.3 is 11.1 Å². The van der Waals surface area contributed by atoms with Crippen LogP contribution in [0.15, 0.2) is 18.2 Å². The number of carbonyl (C=O) groups excluding carboxylic acids is 1. The van der Waals surface area contributed by atoms with Crippen LogP contribution in [0.2, 0.25) is 5.02 Å². The minimum atomic E-state index is 0. The molecular weight excluding hydrogens is 333 g/mol. The monoisotopic (exact) mass is 357 g/mol. The van der Waals surface area contributed by atoms with Gasteiger partial charge in [0.1, 0.15) is 0 Å². The van der Waals surface area contributed by atoms with Crippen LogP contribution >= 0.6 is 24.0 Å². The predicted molar refractivity (Wildman–Crippen MR) is 97.3 cm³/mol. The van der Waals surface area contributed by atoms with Crippen molar-refractivity contribution in [2.45, 2.75) is 32.2 Å². The second-order valence-corrected chi connectivity index (χ2v) is 7.13. The number of nitrogens with zero attached hydrogens (tertiary/aromatic N) is 1. The van der Waals surface area contributed by atoms with Gasteiger partial charge in [0.15, 0.2) is 0 Å². The van der Waals surface area contributed by atoms with Crippen molar-refractivity contribution in [2.75, 3.05) is 25.0 Å². The molecule has 0 spiro atoms. The number of nitrogens with two attached hydrogens (primary N) is 1. The van der Waals surface area contributed by atoms with E-state index >= 15 is 0 Å². The third-order valence-electron chi connectivity index (χ3n) is 5.05. The van der Waals surface area contributed by atoms with Crippen LogP contribution in [-0.2, 0) is 4.79 Å². The molecule has 1 amide bonds. The molecule has 23 heavy (non-hydrogen) atoms. The van der Waals surface area contributed by atoms with Crippen molar-refractivity contribution in [1.82, 2.24) is 4.90 Å². The molecule has 3 N–H and O–H groups in total. The summed E-state index contributed by atoms with van der Waals surface area (Å²) >= 11 is 6.09. The highest BCUT2D eigenvalue weighted by atomic mass is 35.5. The first-order valence-corrected chi connectivity index (χ1v) is 8.44. The topological polar surface area (TPSA) is 58.4 Å². The Bertz CT molecular complexity index is 567. The fourth-order valence-corrected chi connectivity index (χ4v) is 3.99. The number of rotatable bonds is 3. The van der Waals surface area contributed by atoms with Crippen molar-refractivity contribution in [1.29, 1.82) is 0 Å². The van der Waals surface area contributed by atoms with Crippen LogP contribution in [-0.4, -0.2) is 36.5 Å². The second kappa shape index (κ2) is 7.84. The number of hydrogen-bond donors (Lipinski definition) is 2. The maximum atomic E-state index is 12.2. The number of benzene rings is 1. The average Bonchev–Trinajstić information content (AvgIpc) is 2.87. The van der Waals surface area contributed by atoms with Gasteiger partial charge >= 0.3 is 0 Å². The summed E-state index contributed by atoms with van der Waals surface area (Å²) in [6, 6.07) is 5.91. The van der Waals surface area contributed by atoms with Crippen LogP contribution in [0, 0.1) is 18.8 Å². The summed E-state index contributed by atoms with van der Waals surface area (Å²) in [5, 5.41) is 3.61. The number of amides is 1. The van der Waals surface area contributed by atoms with Crippen molar-refractivity contribution < 1.29 is 4.79 Å². The van der Waals surface area contributed by atoms with Gasteiger partial charge in [-0.25, -0.2) is 0 Å². The summed E-state index contributed by atoms with van der Waals surface area (Å²) in [4.78, 5) is 14.5. The van der Waals surface area contributed by atoms with Crippen molar-refractivity contribution in [3.05, 3.63) is 28.8 Å². The lowest BCUT2D eigenvalue weighted by Crippen LogP contribution is -2.38. The molecule has 1 heterocycles. The van der Waals surface area contributed by atoms with Gasteiger partial charge in [-0.15, -0.1) is 12.4 Å². The molecule has 2 aliphatic rings. The van der Waals surface area contributed by atoms with E-state index in [-0.39, 0.29) is 18.3 Å². The number of nitrogens with one attached hydrogen (secondary N) is 1. The number of likely N-dealkylation sites (tertiary alicyclic amines) is 1. The van der Waals surface area contributed by atoms with Gasteiger partial charge in [0.2, 0.25) is 5.91 Å². The van der Waals surface area contributed by atoms with E-state index in [1.807, 2.05) is 19.1 Å². The van der Waals surface area contributed by atoms with Gasteiger partial charge in [-0.05, 0) is 49.3 Å². The summed E-state index contributed by atoms with van der Waals surface area (Å²) in [5.74, 6) is 1.26. The average molecular weight is 358 g/mol. The molecule has 1 aromatic carbocycles. The number of aryl methyl sites for hydroxylation is 1. The van der Waals surface area contributed by atoms with Crippen molar-refractivity contribution in [3.8, 4) is 0 Å². The zero-order valence-electron chi connectivity index (χ0n) is 13.4. The van der Waals surface area contributed by atoms with E-state index < -0.39 is 0 Å². The molecule has 1 saturated carbocycles. The minimum Gasteiger partial charge on any atom is -0.327 e. The van der Waals surface area contributed by atoms with Gasteiger partial charge in [-0.3, -0.25) is 9.69 Å². The van der Waals surface area contributed by atoms with E-state index in [1.54, 1.807) is 6.07 Å². The summed E-state index contributed by atoms with van der Waals surface area (Å²) in [5.41, 5.74) is 8.00. The lowest BCUT2D eigenvalue weighted by molar-refractivity contribution is -0.117. The van der Waals surface area contributed by atoms with Crippen LogP contribution in [0.25, 0.3) is 0 Å². The highest BCUT2D eigenvalue weighted by Crippen LogP contribution is 2.35. The number of halogens is 2. The molecule has 4 nitrogen and oxygen atoms in total. The molecule has 128 valence electrons. The number of fused-ring (bicyclic) bond motifs is 1. The van der Waals surface area contributed by atoms with Gasteiger partial charge in [-0.1, -0.05) is 24.1 Å². The van der Waals surface area contributed by atoms with Crippen LogP contribution < -0.4 is 11.1 Å². The van der Waals surface area contributed by atoms with Crippen molar-refractivity contribution in [3.63, 3.8) is 0 Å². The quantitative estimate of drug-likeness (QED) is 0.873. The lowest BCUT2D eigenvalue weighted by atomic mass is 9.78. The molecule has 3 rings (SSSR count). The fraction of sp³-hybridized carbons (Fsp3) is 0.588. The van der Waals surface area contributed by atoms with Crippen molar-refractivity contribution >= 4 is 35.6 Å². The van der Waals surface area contributed by atoms with E-state index in [9.17, 15) is 4.79 Å². The normalized spacial score (nSPS) is 27.2. The Morgan fingerprint density at radius 2 is 2.17 bits per heavy atom. The van der Waals surface area contributed by atoms with Crippen LogP contribution in [0.3, 0.4) is 0 Å². The van der Waals surface area contributed by atoms with Crippen molar-refractivity contribution in [2.24, 2.45) is 17.6 Å². The molecule has 0 radical (unpaired) electrons. The number of carbonyl (C=O) groups is 1. The summed E-state index contributed by atoms with van der Waals surface area (Å²) < 4.78 is 0. The summed E-state index contributed by atoms with van der Waals surface area (Å²) in [6.07, 6.45) is 3.61. The van der Waals surface area contributed by atoms with E-state index in [2.05, 4.69) is 10.2 Å². The van der Waals surface area contributed by atoms with E-state index in [0.717, 1.165) is 30.8 Å². The Hall–Kier alpha value is -0.810. The molecule has 1 aliphatic heterocycles. The second-order valence-electron chi connectivity index (χ2n) is 6.72. The van der Waals surface area contributed by atoms with Crippen LogP contribution in [0.5, 0.6) is 0 Å². The predicted octanol–water partition coefficient (Wildman–Crippen LogP) is 3.07. The maximum absolute atomic E-state index is 12.2. The maximum Gasteiger partial charge on any atom is 0.238 e. The molecule has 1 aliphatic carbocycles. The fourth-order valence-electron chi connectivity index (χ4n) is 3.81. The van der Waals surface area contributed by atoms with E-state index in [0.29, 0.717) is 29.4 Å². The SMILES string of the molecule is Cc1ccc(NC(=O)CN2CC3CCCC(N)C3C2)cc1Cl.Cl. The molecule has 0 bridgehead atoms. The zero-order valence-corrected chi connectivity index (χ0v) is 15.0. The minimum absolute atomic E-state index is 0. The number of hydrogen-bond acceptors (Lipinski definition) is 3. The highest BCUT2D eigenvalue weighted by molar-refractivity contribution is 6.31. The van der Waals surface area contributed by atoms with Crippen LogP contribution in [0.1, 0.15) is 24.8 Å². The Kier molecular flexibility index (Phi) is 6.32. The highest BCUT2D eigenvalue weighted by Gasteiger charge is 2.38. The van der Waals surface area contributed by atoms with Gasteiger partial charge in [0.05, 0.1) is 6.54 Å². The molecule has 1 aromatic rings. The van der Waals surface area contributed by atoms with Gasteiger partial charge in [0, 0.05) is 29.8 Å². The standard InChI is InChI=1S/C17H24ClN3O.ClH/c1-11-5-6-13(7-15(11)18)20-17(22)10-21-8-12-3-2-4-16(19)14(12)9-21;/h5-7,12,14,16H,2-4,8-10,19H2,1H3,(H,20,22);1H. The van der Waals surface area contributed by atoms with E-state index in [4.69, 9.17) is 17.3 Å².